The lowest BCUT2D eigenvalue weighted by molar-refractivity contribution is -0.0408. The molecule has 1 N–H and O–H groups in total. The summed E-state index contributed by atoms with van der Waals surface area (Å²) >= 11 is 0. The van der Waals surface area contributed by atoms with Crippen LogP contribution in [0.15, 0.2) is 24.3 Å². The number of aryl methyl sites for hydroxylation is 1. The van der Waals surface area contributed by atoms with Gasteiger partial charge in [0.25, 0.3) is 5.91 Å². The molecule has 0 spiro atoms. The molecule has 3 rings (SSSR count). The predicted molar refractivity (Wildman–Crippen MR) is 81.2 cm³/mol. The molecule has 0 bridgehead atoms. The Bertz CT molecular complexity index is 655. The number of rotatable bonds is 2. The van der Waals surface area contributed by atoms with E-state index < -0.39 is 0 Å². The zero-order chi connectivity index (χ0) is 15.0. The standard InChI is InChI=1S/C16H21N3O2/c1-10-8-12(9-11(2)21-10)17-16(20)15-13-6-4-5-7-14(13)19(3)18-15/h4-7,10-12H,8-9H2,1-3H3,(H,17,20). The van der Waals surface area contributed by atoms with Crippen LogP contribution in [-0.2, 0) is 11.8 Å². The van der Waals surface area contributed by atoms with Gasteiger partial charge < -0.3 is 10.1 Å². The average Bonchev–Trinajstić information content (AvgIpc) is 2.76. The Hall–Kier alpha value is -1.88. The Kier molecular flexibility index (Phi) is 3.68. The minimum absolute atomic E-state index is 0.0990. The molecule has 1 aliphatic heterocycles. The molecule has 2 heterocycles. The molecule has 0 saturated carbocycles. The van der Waals surface area contributed by atoms with Gasteiger partial charge >= 0.3 is 0 Å². The van der Waals surface area contributed by atoms with Gasteiger partial charge in [0.1, 0.15) is 0 Å². The third kappa shape index (κ3) is 2.78. The third-order valence-electron chi connectivity index (χ3n) is 4.01. The van der Waals surface area contributed by atoms with Gasteiger partial charge in [-0.1, -0.05) is 18.2 Å². The highest BCUT2D eigenvalue weighted by atomic mass is 16.5. The first kappa shape index (κ1) is 14.1. The molecule has 5 heteroatoms. The van der Waals surface area contributed by atoms with Crippen LogP contribution in [0.5, 0.6) is 0 Å². The van der Waals surface area contributed by atoms with Crippen LogP contribution in [0.3, 0.4) is 0 Å². The van der Waals surface area contributed by atoms with Crippen molar-refractivity contribution in [3.8, 4) is 0 Å². The minimum atomic E-state index is -0.0990. The molecule has 2 atom stereocenters. The lowest BCUT2D eigenvalue weighted by Gasteiger charge is -2.32. The summed E-state index contributed by atoms with van der Waals surface area (Å²) in [5.74, 6) is -0.0990. The zero-order valence-corrected chi connectivity index (χ0v) is 12.7. The number of carbonyl (C=O) groups is 1. The van der Waals surface area contributed by atoms with Gasteiger partial charge in [-0.2, -0.15) is 5.10 Å². The largest absolute Gasteiger partial charge is 0.375 e. The number of nitrogens with one attached hydrogen (secondary N) is 1. The average molecular weight is 287 g/mol. The van der Waals surface area contributed by atoms with Crippen LogP contribution in [0.2, 0.25) is 0 Å². The number of nitrogens with zero attached hydrogens (tertiary/aromatic N) is 2. The lowest BCUT2D eigenvalue weighted by atomic mass is 9.99. The zero-order valence-electron chi connectivity index (χ0n) is 12.7. The molecule has 1 fully saturated rings. The maximum absolute atomic E-state index is 12.5. The topological polar surface area (TPSA) is 56.2 Å². The van der Waals surface area contributed by atoms with Crippen LogP contribution in [0.25, 0.3) is 10.9 Å². The van der Waals surface area contributed by atoms with Gasteiger partial charge in [-0.15, -0.1) is 0 Å². The van der Waals surface area contributed by atoms with Crippen LogP contribution in [0, 0.1) is 0 Å². The van der Waals surface area contributed by atoms with E-state index in [1.54, 1.807) is 4.68 Å². The molecule has 112 valence electrons. The van der Waals surface area contributed by atoms with Gasteiger partial charge in [0.05, 0.1) is 17.7 Å². The van der Waals surface area contributed by atoms with E-state index in [1.165, 1.54) is 0 Å². The summed E-state index contributed by atoms with van der Waals surface area (Å²) in [6, 6.07) is 7.94. The highest BCUT2D eigenvalue weighted by Gasteiger charge is 2.27. The number of carbonyl (C=O) groups excluding carboxylic acids is 1. The van der Waals surface area contributed by atoms with Crippen LogP contribution in [0.4, 0.5) is 0 Å². The molecule has 2 aromatic rings. The second-order valence-electron chi connectivity index (χ2n) is 5.89. The summed E-state index contributed by atoms with van der Waals surface area (Å²) in [5.41, 5.74) is 1.47. The predicted octanol–water partition coefficient (Wildman–Crippen LogP) is 2.26. The molecule has 0 radical (unpaired) electrons. The summed E-state index contributed by atoms with van der Waals surface area (Å²) in [4.78, 5) is 12.5. The Balaban J connectivity index is 1.81. The van der Waals surface area contributed by atoms with Crippen molar-refractivity contribution in [2.24, 2.45) is 7.05 Å². The highest BCUT2D eigenvalue weighted by Crippen LogP contribution is 2.21. The summed E-state index contributed by atoms with van der Waals surface area (Å²) in [7, 11) is 1.86. The molecule has 0 aliphatic carbocycles. The van der Waals surface area contributed by atoms with Gasteiger partial charge in [0, 0.05) is 18.5 Å². The van der Waals surface area contributed by atoms with Crippen LogP contribution in [-0.4, -0.2) is 33.9 Å². The van der Waals surface area contributed by atoms with E-state index in [2.05, 4.69) is 10.4 Å². The van der Waals surface area contributed by atoms with E-state index in [1.807, 2.05) is 45.2 Å². The smallest absolute Gasteiger partial charge is 0.272 e. The van der Waals surface area contributed by atoms with E-state index in [0.29, 0.717) is 5.69 Å². The van der Waals surface area contributed by atoms with Gasteiger partial charge in [-0.25, -0.2) is 0 Å². The fourth-order valence-electron chi connectivity index (χ4n) is 3.16. The lowest BCUT2D eigenvalue weighted by Crippen LogP contribution is -2.44. The number of para-hydroxylation sites is 1. The minimum Gasteiger partial charge on any atom is -0.375 e. The number of aromatic nitrogens is 2. The molecular weight excluding hydrogens is 266 g/mol. The van der Waals surface area contributed by atoms with Crippen molar-refractivity contribution in [3.05, 3.63) is 30.0 Å². The summed E-state index contributed by atoms with van der Waals surface area (Å²) in [6.45, 7) is 4.09. The van der Waals surface area contributed by atoms with E-state index >= 15 is 0 Å². The normalized spacial score (nSPS) is 26.0. The third-order valence-corrected chi connectivity index (χ3v) is 4.01. The number of benzene rings is 1. The molecule has 5 nitrogen and oxygen atoms in total. The van der Waals surface area contributed by atoms with Crippen molar-refractivity contribution < 1.29 is 9.53 Å². The second kappa shape index (κ2) is 5.48. The highest BCUT2D eigenvalue weighted by molar-refractivity contribution is 6.04. The Morgan fingerprint density at radius 1 is 1.29 bits per heavy atom. The first-order valence-corrected chi connectivity index (χ1v) is 7.42. The van der Waals surface area contributed by atoms with Crippen LogP contribution < -0.4 is 5.32 Å². The number of amides is 1. The molecule has 1 aromatic carbocycles. The van der Waals surface area contributed by atoms with Crippen LogP contribution >= 0.6 is 0 Å². The first-order chi connectivity index (χ1) is 10.0. The van der Waals surface area contributed by atoms with E-state index in [4.69, 9.17) is 4.74 Å². The van der Waals surface area contributed by atoms with Gasteiger partial charge in [-0.05, 0) is 32.8 Å². The van der Waals surface area contributed by atoms with Crippen molar-refractivity contribution in [1.82, 2.24) is 15.1 Å². The van der Waals surface area contributed by atoms with Gasteiger partial charge in [0.2, 0.25) is 0 Å². The van der Waals surface area contributed by atoms with Crippen molar-refractivity contribution >= 4 is 16.8 Å². The quantitative estimate of drug-likeness (QED) is 0.921. The molecule has 1 aromatic heterocycles. The fraction of sp³-hybridized carbons (Fsp3) is 0.500. The molecular formula is C16H21N3O2. The number of hydrogen-bond donors (Lipinski definition) is 1. The number of ether oxygens (including phenoxy) is 1. The SMILES string of the molecule is CC1CC(NC(=O)c2nn(C)c3ccccc23)CC(C)O1. The Labute approximate surface area is 124 Å². The monoisotopic (exact) mass is 287 g/mol. The summed E-state index contributed by atoms with van der Waals surface area (Å²) < 4.78 is 7.46. The van der Waals surface area contributed by atoms with Gasteiger partial charge in [0.15, 0.2) is 5.69 Å². The maximum atomic E-state index is 12.5. The van der Waals surface area contributed by atoms with E-state index in [0.717, 1.165) is 23.7 Å². The fourth-order valence-corrected chi connectivity index (χ4v) is 3.16. The van der Waals surface area contributed by atoms with E-state index in [-0.39, 0.29) is 24.2 Å². The van der Waals surface area contributed by atoms with E-state index in [9.17, 15) is 4.79 Å². The van der Waals surface area contributed by atoms with Crippen LogP contribution in [0.1, 0.15) is 37.2 Å². The summed E-state index contributed by atoms with van der Waals surface area (Å²) in [6.07, 6.45) is 2.06. The maximum Gasteiger partial charge on any atom is 0.272 e. The van der Waals surface area contributed by atoms with Crippen molar-refractivity contribution in [2.75, 3.05) is 0 Å². The summed E-state index contributed by atoms with van der Waals surface area (Å²) in [5, 5.41) is 8.37. The Morgan fingerprint density at radius 2 is 1.95 bits per heavy atom. The number of hydrogen-bond acceptors (Lipinski definition) is 3. The second-order valence-corrected chi connectivity index (χ2v) is 5.89. The first-order valence-electron chi connectivity index (χ1n) is 7.42. The molecule has 1 saturated heterocycles. The van der Waals surface area contributed by atoms with Crippen molar-refractivity contribution in [2.45, 2.75) is 44.9 Å². The van der Waals surface area contributed by atoms with Crippen molar-refractivity contribution in [3.63, 3.8) is 0 Å². The molecule has 1 amide bonds. The Morgan fingerprint density at radius 3 is 2.67 bits per heavy atom. The molecule has 21 heavy (non-hydrogen) atoms. The molecule has 1 aliphatic rings. The molecule has 2 unspecified atom stereocenters. The van der Waals surface area contributed by atoms with Crippen molar-refractivity contribution in [1.29, 1.82) is 0 Å². The van der Waals surface area contributed by atoms with Gasteiger partial charge in [-0.3, -0.25) is 9.48 Å². The number of fused-ring (bicyclic) bond motifs is 1.